The molecule has 0 aliphatic heterocycles. The van der Waals surface area contributed by atoms with Crippen molar-refractivity contribution in [3.8, 4) is 17.6 Å². The molecule has 0 spiro atoms. The minimum absolute atomic E-state index is 0.0801. The van der Waals surface area contributed by atoms with Crippen molar-refractivity contribution in [2.45, 2.75) is 19.0 Å². The summed E-state index contributed by atoms with van der Waals surface area (Å²) in [6.07, 6.45) is 0. The Morgan fingerprint density at radius 2 is 1.74 bits per heavy atom. The van der Waals surface area contributed by atoms with Gasteiger partial charge in [0.05, 0.1) is 12.6 Å². The summed E-state index contributed by atoms with van der Waals surface area (Å²) in [5.74, 6) is 0.934. The smallest absolute Gasteiger partial charge is 0.252 e. The molecule has 0 fully saturated rings. The monoisotopic (exact) mass is 431 g/mol. The highest BCUT2D eigenvalue weighted by atomic mass is 35.5. The predicted molar refractivity (Wildman–Crippen MR) is 117 cm³/mol. The van der Waals surface area contributed by atoms with Crippen LogP contribution in [0.25, 0.3) is 11.0 Å². The molecule has 1 unspecified atom stereocenters. The van der Waals surface area contributed by atoms with Crippen molar-refractivity contribution in [1.82, 2.24) is 20.3 Å². The number of benzene rings is 3. The maximum atomic E-state index is 12.7. The molecule has 4 aromatic rings. The van der Waals surface area contributed by atoms with Crippen LogP contribution < -0.4 is 10.1 Å². The topological polar surface area (TPSA) is 92.8 Å². The number of para-hydroxylation sites is 1. The number of aromatic nitrogens is 3. The van der Waals surface area contributed by atoms with Gasteiger partial charge in [0.15, 0.2) is 0 Å². The standard InChI is InChI=1S/C23H18ClN5O2/c1-23(14-25,15-29-27-20-12-9-17(24)13-21(20)28-29)26-22(30)16-7-10-19(11-8-16)31-18-5-3-2-4-6-18/h2-13H,15H2,1H3,(H,26,30). The molecule has 8 heteroatoms. The van der Waals surface area contributed by atoms with Crippen molar-refractivity contribution in [2.24, 2.45) is 0 Å². The predicted octanol–water partition coefficient (Wildman–Crippen LogP) is 4.59. The van der Waals surface area contributed by atoms with Crippen LogP contribution in [-0.2, 0) is 6.54 Å². The molecule has 3 aromatic carbocycles. The lowest BCUT2D eigenvalue weighted by molar-refractivity contribution is 0.0916. The molecule has 1 atom stereocenters. The van der Waals surface area contributed by atoms with Gasteiger partial charge in [-0.15, -0.1) is 0 Å². The Bertz CT molecular complexity index is 1260. The highest BCUT2D eigenvalue weighted by Crippen LogP contribution is 2.21. The van der Waals surface area contributed by atoms with Crippen LogP contribution in [0.1, 0.15) is 17.3 Å². The number of hydrogen-bond acceptors (Lipinski definition) is 5. The average Bonchev–Trinajstić information content (AvgIpc) is 3.15. The lowest BCUT2D eigenvalue weighted by Crippen LogP contribution is -2.48. The van der Waals surface area contributed by atoms with E-state index in [9.17, 15) is 10.1 Å². The number of halogens is 1. The summed E-state index contributed by atoms with van der Waals surface area (Å²) in [4.78, 5) is 14.1. The van der Waals surface area contributed by atoms with E-state index < -0.39 is 5.54 Å². The van der Waals surface area contributed by atoms with E-state index in [2.05, 4.69) is 21.6 Å². The fourth-order valence-electron chi connectivity index (χ4n) is 3.01. The van der Waals surface area contributed by atoms with Crippen LogP contribution in [0.5, 0.6) is 11.5 Å². The Morgan fingerprint density at radius 1 is 1.06 bits per heavy atom. The van der Waals surface area contributed by atoms with Crippen LogP contribution in [0.2, 0.25) is 5.02 Å². The van der Waals surface area contributed by atoms with E-state index in [1.807, 2.05) is 30.3 Å². The number of hydrogen-bond donors (Lipinski definition) is 1. The number of carbonyl (C=O) groups excluding carboxylic acids is 1. The van der Waals surface area contributed by atoms with Gasteiger partial charge in [0.25, 0.3) is 5.91 Å². The summed E-state index contributed by atoms with van der Waals surface area (Å²) < 4.78 is 5.74. The summed E-state index contributed by atoms with van der Waals surface area (Å²) in [7, 11) is 0. The highest BCUT2D eigenvalue weighted by Gasteiger charge is 2.28. The number of nitriles is 1. The average molecular weight is 432 g/mol. The Morgan fingerprint density at radius 3 is 2.45 bits per heavy atom. The minimum Gasteiger partial charge on any atom is -0.457 e. The largest absolute Gasteiger partial charge is 0.457 e. The van der Waals surface area contributed by atoms with E-state index in [-0.39, 0.29) is 12.5 Å². The third-order valence-electron chi connectivity index (χ3n) is 4.57. The van der Waals surface area contributed by atoms with E-state index in [1.165, 1.54) is 4.80 Å². The molecular weight excluding hydrogens is 414 g/mol. The van der Waals surface area contributed by atoms with Crippen molar-refractivity contribution < 1.29 is 9.53 Å². The second-order valence-corrected chi connectivity index (χ2v) is 7.64. The molecule has 4 rings (SSSR count). The fraction of sp³-hybridized carbons (Fsp3) is 0.130. The Kier molecular flexibility index (Phi) is 5.56. The molecule has 1 aromatic heterocycles. The van der Waals surface area contributed by atoms with Crippen molar-refractivity contribution in [3.05, 3.63) is 83.4 Å². The molecular formula is C23H18ClN5O2. The van der Waals surface area contributed by atoms with Crippen LogP contribution in [0.15, 0.2) is 72.8 Å². The van der Waals surface area contributed by atoms with Gasteiger partial charge in [0.1, 0.15) is 28.1 Å². The van der Waals surface area contributed by atoms with Crippen LogP contribution in [0.4, 0.5) is 0 Å². The number of nitrogens with zero attached hydrogens (tertiary/aromatic N) is 4. The van der Waals surface area contributed by atoms with E-state index >= 15 is 0 Å². The first-order chi connectivity index (χ1) is 14.9. The molecule has 7 nitrogen and oxygen atoms in total. The van der Waals surface area contributed by atoms with E-state index in [0.717, 1.165) is 0 Å². The third-order valence-corrected chi connectivity index (χ3v) is 4.81. The van der Waals surface area contributed by atoms with Gasteiger partial charge >= 0.3 is 0 Å². The molecule has 0 saturated carbocycles. The Balaban J connectivity index is 1.45. The Hall–Kier alpha value is -3.89. The van der Waals surface area contributed by atoms with E-state index in [1.54, 1.807) is 49.4 Å². The maximum Gasteiger partial charge on any atom is 0.252 e. The van der Waals surface area contributed by atoms with E-state index in [0.29, 0.717) is 33.1 Å². The number of ether oxygens (including phenoxy) is 1. The van der Waals surface area contributed by atoms with Crippen LogP contribution >= 0.6 is 11.6 Å². The second-order valence-electron chi connectivity index (χ2n) is 7.20. The molecule has 0 aliphatic carbocycles. The van der Waals surface area contributed by atoms with Gasteiger partial charge < -0.3 is 10.1 Å². The molecule has 31 heavy (non-hydrogen) atoms. The van der Waals surface area contributed by atoms with Crippen molar-refractivity contribution >= 4 is 28.5 Å². The van der Waals surface area contributed by atoms with Crippen molar-refractivity contribution in [1.29, 1.82) is 5.26 Å². The van der Waals surface area contributed by atoms with Gasteiger partial charge in [-0.3, -0.25) is 4.79 Å². The number of nitrogens with one attached hydrogen (secondary N) is 1. The first kappa shape index (κ1) is 20.4. The summed E-state index contributed by atoms with van der Waals surface area (Å²) in [6.45, 7) is 1.70. The Labute approximate surface area is 183 Å². The van der Waals surface area contributed by atoms with Crippen molar-refractivity contribution in [3.63, 3.8) is 0 Å². The first-order valence-electron chi connectivity index (χ1n) is 9.51. The van der Waals surface area contributed by atoms with E-state index in [4.69, 9.17) is 16.3 Å². The van der Waals surface area contributed by atoms with Crippen LogP contribution in [0.3, 0.4) is 0 Å². The first-order valence-corrected chi connectivity index (χ1v) is 9.89. The number of rotatable bonds is 6. The zero-order valence-corrected chi connectivity index (χ0v) is 17.4. The molecule has 0 aliphatic rings. The van der Waals surface area contributed by atoms with Gasteiger partial charge in [-0.05, 0) is 61.5 Å². The zero-order valence-electron chi connectivity index (χ0n) is 16.6. The summed E-state index contributed by atoms with van der Waals surface area (Å²) in [6, 6.07) is 23.4. The molecule has 154 valence electrons. The number of amides is 1. The minimum atomic E-state index is -1.21. The highest BCUT2D eigenvalue weighted by molar-refractivity contribution is 6.31. The van der Waals surface area contributed by atoms with Crippen LogP contribution in [0, 0.1) is 11.3 Å². The van der Waals surface area contributed by atoms with Gasteiger partial charge in [0, 0.05) is 10.6 Å². The third kappa shape index (κ3) is 4.82. The van der Waals surface area contributed by atoms with Crippen molar-refractivity contribution in [2.75, 3.05) is 0 Å². The summed E-state index contributed by atoms with van der Waals surface area (Å²) >= 11 is 5.99. The summed E-state index contributed by atoms with van der Waals surface area (Å²) in [5, 5.41) is 21.7. The van der Waals surface area contributed by atoms with Gasteiger partial charge in [-0.1, -0.05) is 29.8 Å². The molecule has 1 heterocycles. The quantitative estimate of drug-likeness (QED) is 0.482. The van der Waals surface area contributed by atoms with Crippen LogP contribution in [-0.4, -0.2) is 26.4 Å². The fourth-order valence-corrected chi connectivity index (χ4v) is 3.18. The normalized spacial score (nSPS) is 12.7. The molecule has 0 radical (unpaired) electrons. The second kappa shape index (κ2) is 8.46. The SMILES string of the molecule is CC(C#N)(Cn1nc2ccc(Cl)cc2n1)NC(=O)c1ccc(Oc2ccccc2)cc1. The number of carbonyl (C=O) groups is 1. The number of fused-ring (bicyclic) bond motifs is 1. The molecule has 1 amide bonds. The lowest BCUT2D eigenvalue weighted by Gasteiger charge is -2.22. The zero-order chi connectivity index (χ0) is 21.8. The van der Waals surface area contributed by atoms with Gasteiger partial charge in [-0.2, -0.15) is 20.3 Å². The lowest BCUT2D eigenvalue weighted by atomic mass is 10.0. The molecule has 1 N–H and O–H groups in total. The van der Waals surface area contributed by atoms with Gasteiger partial charge in [-0.25, -0.2) is 0 Å². The molecule has 0 bridgehead atoms. The maximum absolute atomic E-state index is 12.7. The molecule has 0 saturated heterocycles. The van der Waals surface area contributed by atoms with Gasteiger partial charge in [0.2, 0.25) is 0 Å². The summed E-state index contributed by atoms with van der Waals surface area (Å²) in [5.41, 5.74) is 0.472.